The zero-order valence-corrected chi connectivity index (χ0v) is 8.51. The average Bonchev–Trinajstić information content (AvgIpc) is 2.25. The number of carboxylic acids is 2. The van der Waals surface area contributed by atoms with Gasteiger partial charge in [-0.05, 0) is 0 Å². The third kappa shape index (κ3) is 4.50. The number of hydrogen-bond donors (Lipinski definition) is 2. The van der Waals surface area contributed by atoms with E-state index in [0.717, 1.165) is 0 Å². The molecular formula is C10H12O6. The van der Waals surface area contributed by atoms with Gasteiger partial charge < -0.3 is 19.7 Å². The zero-order chi connectivity index (χ0) is 12.0. The summed E-state index contributed by atoms with van der Waals surface area (Å²) in [6.45, 7) is 0. The largest absolute Gasteiger partial charge is 0.481 e. The van der Waals surface area contributed by atoms with Crippen molar-refractivity contribution in [1.82, 2.24) is 0 Å². The summed E-state index contributed by atoms with van der Waals surface area (Å²) < 4.78 is 10.2. The molecule has 0 saturated heterocycles. The summed E-state index contributed by atoms with van der Waals surface area (Å²) in [4.78, 5) is 20.6. The molecule has 88 valence electrons. The molecule has 1 aliphatic rings. The third-order valence-corrected chi connectivity index (χ3v) is 1.85. The average molecular weight is 228 g/mol. The van der Waals surface area contributed by atoms with Crippen LogP contribution in [0.5, 0.6) is 0 Å². The molecule has 0 amide bonds. The van der Waals surface area contributed by atoms with E-state index < -0.39 is 11.9 Å². The minimum atomic E-state index is -0.912. The number of hydrogen-bond acceptors (Lipinski definition) is 4. The lowest BCUT2D eigenvalue weighted by Crippen LogP contribution is -2.03. The lowest BCUT2D eigenvalue weighted by atomic mass is 10.2. The highest BCUT2D eigenvalue weighted by atomic mass is 16.5. The number of ether oxygens (including phenoxy) is 2. The van der Waals surface area contributed by atoms with Gasteiger partial charge in [-0.2, -0.15) is 0 Å². The van der Waals surface area contributed by atoms with Gasteiger partial charge in [0.25, 0.3) is 0 Å². The van der Waals surface area contributed by atoms with Crippen molar-refractivity contribution in [1.29, 1.82) is 0 Å². The minimum Gasteiger partial charge on any atom is -0.481 e. The fourth-order valence-corrected chi connectivity index (χ4v) is 1.03. The number of allylic oxidation sites excluding steroid dienone is 2. The predicted octanol–water partition coefficient (Wildman–Crippen LogP) is 1.45. The van der Waals surface area contributed by atoms with Crippen LogP contribution in [0.4, 0.5) is 0 Å². The molecule has 0 unspecified atom stereocenters. The Hall–Kier alpha value is -1.98. The minimum absolute atomic E-state index is 0.0342. The molecule has 1 rings (SSSR count). The lowest BCUT2D eigenvalue weighted by molar-refractivity contribution is -0.138. The summed E-state index contributed by atoms with van der Waals surface area (Å²) >= 11 is 0. The monoisotopic (exact) mass is 228 g/mol. The van der Waals surface area contributed by atoms with E-state index in [0.29, 0.717) is 11.5 Å². The van der Waals surface area contributed by atoms with Crippen LogP contribution < -0.4 is 0 Å². The molecule has 0 bridgehead atoms. The summed E-state index contributed by atoms with van der Waals surface area (Å²) in [6.07, 6.45) is 3.04. The Labute approximate surface area is 91.8 Å². The van der Waals surface area contributed by atoms with E-state index in [1.807, 2.05) is 0 Å². The summed E-state index contributed by atoms with van der Waals surface area (Å²) in [5.74, 6) is -0.988. The Morgan fingerprint density at radius 3 is 1.56 bits per heavy atom. The van der Waals surface area contributed by atoms with Gasteiger partial charge in [0.1, 0.15) is 24.0 Å². The van der Waals surface area contributed by atoms with Gasteiger partial charge in [0.2, 0.25) is 0 Å². The molecule has 0 aliphatic carbocycles. The molecule has 1 aliphatic heterocycles. The first-order chi connectivity index (χ1) is 7.58. The van der Waals surface area contributed by atoms with Gasteiger partial charge >= 0.3 is 11.9 Å². The Bertz CT molecular complexity index is 307. The van der Waals surface area contributed by atoms with E-state index in [2.05, 4.69) is 0 Å². The Balaban J connectivity index is 2.29. The zero-order valence-electron chi connectivity index (χ0n) is 8.51. The molecule has 0 aromatic heterocycles. The quantitative estimate of drug-likeness (QED) is 0.714. The van der Waals surface area contributed by atoms with Crippen molar-refractivity contribution in [3.63, 3.8) is 0 Å². The molecule has 0 aromatic rings. The molecular weight excluding hydrogens is 216 g/mol. The summed E-state index contributed by atoms with van der Waals surface area (Å²) in [7, 11) is 0. The van der Waals surface area contributed by atoms with Crippen LogP contribution in [0.3, 0.4) is 0 Å². The molecule has 0 saturated carbocycles. The van der Waals surface area contributed by atoms with Crippen molar-refractivity contribution in [2.24, 2.45) is 0 Å². The van der Waals surface area contributed by atoms with Crippen molar-refractivity contribution in [3.05, 3.63) is 24.0 Å². The molecule has 16 heavy (non-hydrogen) atoms. The molecule has 6 nitrogen and oxygen atoms in total. The maximum Gasteiger partial charge on any atom is 0.303 e. The van der Waals surface area contributed by atoms with Crippen LogP contribution in [0.25, 0.3) is 0 Å². The molecule has 2 N–H and O–H groups in total. The van der Waals surface area contributed by atoms with E-state index in [4.69, 9.17) is 19.7 Å². The summed E-state index contributed by atoms with van der Waals surface area (Å²) in [5.41, 5.74) is 0. The number of carbonyl (C=O) groups is 2. The first kappa shape index (κ1) is 12.1. The van der Waals surface area contributed by atoms with E-state index >= 15 is 0 Å². The summed E-state index contributed by atoms with van der Waals surface area (Å²) in [6, 6.07) is 0. The van der Waals surface area contributed by atoms with Crippen molar-refractivity contribution in [2.75, 3.05) is 0 Å². The molecule has 0 spiro atoms. The maximum absolute atomic E-state index is 10.3. The standard InChI is InChI=1S/C10H12O6/c11-9(12)3-1-7-5-16-8(6-15-7)2-4-10(13)14/h5-6H,1-4H2,(H,11,12)(H,13,14). The van der Waals surface area contributed by atoms with Crippen LogP contribution in [0.15, 0.2) is 24.0 Å². The van der Waals surface area contributed by atoms with Crippen LogP contribution in [0, 0.1) is 0 Å². The van der Waals surface area contributed by atoms with Crippen LogP contribution in [-0.4, -0.2) is 22.2 Å². The van der Waals surface area contributed by atoms with E-state index in [-0.39, 0.29) is 25.7 Å². The van der Waals surface area contributed by atoms with Gasteiger partial charge in [-0.3, -0.25) is 9.59 Å². The highest BCUT2D eigenvalue weighted by molar-refractivity contribution is 5.67. The fourth-order valence-electron chi connectivity index (χ4n) is 1.03. The number of aliphatic carboxylic acids is 2. The van der Waals surface area contributed by atoms with Gasteiger partial charge in [-0.1, -0.05) is 0 Å². The number of rotatable bonds is 6. The summed E-state index contributed by atoms with van der Waals surface area (Å²) in [5, 5.41) is 16.9. The highest BCUT2D eigenvalue weighted by Gasteiger charge is 2.11. The van der Waals surface area contributed by atoms with E-state index in [9.17, 15) is 9.59 Å². The van der Waals surface area contributed by atoms with Gasteiger partial charge in [0, 0.05) is 12.8 Å². The maximum atomic E-state index is 10.3. The second-order valence-electron chi connectivity index (χ2n) is 3.19. The van der Waals surface area contributed by atoms with Crippen LogP contribution in [0.1, 0.15) is 25.7 Å². The molecule has 0 fully saturated rings. The Kier molecular flexibility index (Phi) is 4.38. The topological polar surface area (TPSA) is 93.1 Å². The molecule has 0 atom stereocenters. The van der Waals surface area contributed by atoms with Crippen molar-refractivity contribution in [2.45, 2.75) is 25.7 Å². The third-order valence-electron chi connectivity index (χ3n) is 1.85. The first-order valence-corrected chi connectivity index (χ1v) is 4.73. The highest BCUT2D eigenvalue weighted by Crippen LogP contribution is 2.19. The Morgan fingerprint density at radius 1 is 0.938 bits per heavy atom. The van der Waals surface area contributed by atoms with Crippen molar-refractivity contribution < 1.29 is 29.3 Å². The van der Waals surface area contributed by atoms with Crippen LogP contribution >= 0.6 is 0 Å². The smallest absolute Gasteiger partial charge is 0.303 e. The number of carboxylic acid groups (broad SMARTS) is 2. The normalized spacial score (nSPS) is 14.2. The first-order valence-electron chi connectivity index (χ1n) is 4.73. The predicted molar refractivity (Wildman–Crippen MR) is 52.1 cm³/mol. The fraction of sp³-hybridized carbons (Fsp3) is 0.400. The molecule has 0 aromatic carbocycles. The molecule has 0 radical (unpaired) electrons. The van der Waals surface area contributed by atoms with Crippen molar-refractivity contribution in [3.8, 4) is 0 Å². The van der Waals surface area contributed by atoms with Crippen LogP contribution in [0.2, 0.25) is 0 Å². The van der Waals surface area contributed by atoms with Gasteiger partial charge in [0.15, 0.2) is 0 Å². The second-order valence-corrected chi connectivity index (χ2v) is 3.19. The Morgan fingerprint density at radius 2 is 1.31 bits per heavy atom. The molecule has 6 heteroatoms. The SMILES string of the molecule is O=C(O)CCC1=COC(CCC(=O)O)=CO1. The van der Waals surface area contributed by atoms with E-state index in [1.165, 1.54) is 12.5 Å². The van der Waals surface area contributed by atoms with E-state index in [1.54, 1.807) is 0 Å². The van der Waals surface area contributed by atoms with Gasteiger partial charge in [0.05, 0.1) is 12.8 Å². The molecule has 1 heterocycles. The second kappa shape index (κ2) is 5.79. The lowest BCUT2D eigenvalue weighted by Gasteiger charge is -2.14. The van der Waals surface area contributed by atoms with Gasteiger partial charge in [-0.15, -0.1) is 0 Å². The van der Waals surface area contributed by atoms with Gasteiger partial charge in [-0.25, -0.2) is 0 Å². The van der Waals surface area contributed by atoms with Crippen molar-refractivity contribution >= 4 is 11.9 Å². The van der Waals surface area contributed by atoms with Crippen LogP contribution in [-0.2, 0) is 19.1 Å².